The molecule has 0 unspecified atom stereocenters. The molecule has 5 nitrogen and oxygen atoms in total. The fraction of sp³-hybridized carbons (Fsp3) is 0.600. The number of methoxy groups -OCH3 is 1. The summed E-state index contributed by atoms with van der Waals surface area (Å²) in [5.41, 5.74) is 2.69. The number of benzene rings is 1. The summed E-state index contributed by atoms with van der Waals surface area (Å²) in [7, 11) is 1.43. The lowest BCUT2D eigenvalue weighted by Gasteiger charge is -2.18. The van der Waals surface area contributed by atoms with Gasteiger partial charge >= 0.3 is 5.97 Å². The van der Waals surface area contributed by atoms with Crippen LogP contribution in [0.3, 0.4) is 0 Å². The topological polar surface area (TPSA) is 53.6 Å². The first kappa shape index (κ1) is 20.6. The van der Waals surface area contributed by atoms with Gasteiger partial charge in [-0.15, -0.1) is 0 Å². The minimum absolute atomic E-state index is 0.136. The Labute approximate surface area is 162 Å². The first-order valence-corrected chi connectivity index (χ1v) is 9.97. The minimum atomic E-state index is -0.136. The van der Waals surface area contributed by atoms with Gasteiger partial charge in [-0.05, 0) is 62.1 Å². The van der Waals surface area contributed by atoms with Gasteiger partial charge < -0.3 is 15.4 Å². The molecular formula is C20H31N3O2S. The van der Waals surface area contributed by atoms with Crippen LogP contribution in [-0.2, 0) is 22.6 Å². The second-order valence-corrected chi connectivity index (χ2v) is 7.16. The molecule has 0 aromatic heterocycles. The average Bonchev–Trinajstić information content (AvgIpc) is 3.16. The summed E-state index contributed by atoms with van der Waals surface area (Å²) in [6, 6.07) is 8.59. The number of carbonyl (C=O) groups is 1. The second-order valence-electron chi connectivity index (χ2n) is 6.75. The van der Waals surface area contributed by atoms with E-state index in [-0.39, 0.29) is 5.97 Å². The van der Waals surface area contributed by atoms with Crippen molar-refractivity contribution in [2.24, 2.45) is 0 Å². The van der Waals surface area contributed by atoms with E-state index in [0.717, 1.165) is 38.9 Å². The summed E-state index contributed by atoms with van der Waals surface area (Å²) in [6.07, 6.45) is 5.96. The van der Waals surface area contributed by atoms with E-state index in [4.69, 9.17) is 12.2 Å². The summed E-state index contributed by atoms with van der Waals surface area (Å²) in [6.45, 7) is 5.01. The van der Waals surface area contributed by atoms with Crippen molar-refractivity contribution in [2.45, 2.75) is 51.6 Å². The van der Waals surface area contributed by atoms with Crippen molar-refractivity contribution < 1.29 is 9.53 Å². The molecule has 1 fully saturated rings. The number of rotatable bonds is 10. The molecule has 0 spiro atoms. The predicted octanol–water partition coefficient (Wildman–Crippen LogP) is 2.98. The van der Waals surface area contributed by atoms with Gasteiger partial charge in [-0.25, -0.2) is 0 Å². The van der Waals surface area contributed by atoms with Crippen LogP contribution in [0.2, 0.25) is 0 Å². The Morgan fingerprint density at radius 1 is 1.12 bits per heavy atom. The van der Waals surface area contributed by atoms with E-state index >= 15 is 0 Å². The first-order chi connectivity index (χ1) is 12.7. The molecule has 1 aliphatic heterocycles. The van der Waals surface area contributed by atoms with Crippen molar-refractivity contribution in [2.75, 3.05) is 26.7 Å². The van der Waals surface area contributed by atoms with Gasteiger partial charge in [0, 0.05) is 26.1 Å². The van der Waals surface area contributed by atoms with Crippen LogP contribution in [0.4, 0.5) is 0 Å². The van der Waals surface area contributed by atoms with Gasteiger partial charge in [0.15, 0.2) is 5.11 Å². The number of esters is 1. The Morgan fingerprint density at radius 2 is 1.85 bits per heavy atom. The van der Waals surface area contributed by atoms with Crippen LogP contribution >= 0.6 is 12.2 Å². The minimum Gasteiger partial charge on any atom is -0.469 e. The number of ether oxygens (including phenoxy) is 1. The lowest BCUT2D eigenvalue weighted by Crippen LogP contribution is -2.35. The molecule has 2 N–H and O–H groups in total. The SMILES string of the molecule is COC(=O)CCCCCNC(=S)NCc1ccccc1CN1CCCC1. The molecule has 1 aromatic rings. The van der Waals surface area contributed by atoms with E-state index in [1.165, 1.54) is 44.2 Å². The zero-order chi connectivity index (χ0) is 18.6. The quantitative estimate of drug-likeness (QED) is 0.371. The fourth-order valence-corrected chi connectivity index (χ4v) is 3.35. The molecule has 0 saturated carbocycles. The predicted molar refractivity (Wildman–Crippen MR) is 109 cm³/mol. The zero-order valence-corrected chi connectivity index (χ0v) is 16.6. The van der Waals surface area contributed by atoms with Crippen LogP contribution in [-0.4, -0.2) is 42.7 Å². The maximum Gasteiger partial charge on any atom is 0.305 e. The molecule has 1 aliphatic rings. The normalized spacial score (nSPS) is 14.2. The summed E-state index contributed by atoms with van der Waals surface area (Å²) < 4.78 is 4.63. The molecule has 0 aliphatic carbocycles. The fourth-order valence-electron chi connectivity index (χ4n) is 3.18. The number of unbranched alkanes of at least 4 members (excludes halogenated alkanes) is 2. The third-order valence-corrected chi connectivity index (χ3v) is 5.01. The molecular weight excluding hydrogens is 346 g/mol. The van der Waals surface area contributed by atoms with Gasteiger partial charge in [-0.1, -0.05) is 30.7 Å². The Hall–Kier alpha value is -1.66. The van der Waals surface area contributed by atoms with E-state index in [9.17, 15) is 4.79 Å². The Balaban J connectivity index is 1.63. The van der Waals surface area contributed by atoms with E-state index in [1.807, 2.05) is 0 Å². The highest BCUT2D eigenvalue weighted by Gasteiger charge is 2.13. The third-order valence-electron chi connectivity index (χ3n) is 4.72. The van der Waals surface area contributed by atoms with E-state index < -0.39 is 0 Å². The molecule has 1 heterocycles. The summed E-state index contributed by atoms with van der Waals surface area (Å²) in [5, 5.41) is 7.24. The van der Waals surface area contributed by atoms with E-state index in [0.29, 0.717) is 11.5 Å². The van der Waals surface area contributed by atoms with Crippen molar-refractivity contribution in [1.82, 2.24) is 15.5 Å². The van der Waals surface area contributed by atoms with Gasteiger partial charge in [0.25, 0.3) is 0 Å². The van der Waals surface area contributed by atoms with Crippen LogP contribution in [0.25, 0.3) is 0 Å². The van der Waals surface area contributed by atoms with Crippen molar-refractivity contribution in [3.8, 4) is 0 Å². The monoisotopic (exact) mass is 377 g/mol. The zero-order valence-electron chi connectivity index (χ0n) is 15.8. The van der Waals surface area contributed by atoms with Crippen LogP contribution in [0.1, 0.15) is 49.7 Å². The molecule has 1 aromatic carbocycles. The first-order valence-electron chi connectivity index (χ1n) is 9.56. The number of hydrogen-bond acceptors (Lipinski definition) is 4. The van der Waals surface area contributed by atoms with Crippen LogP contribution in [0.15, 0.2) is 24.3 Å². The van der Waals surface area contributed by atoms with E-state index in [2.05, 4.69) is 44.5 Å². The standard InChI is InChI=1S/C20H31N3O2S/c1-25-19(24)11-3-2-6-12-21-20(26)22-15-17-9-4-5-10-18(17)16-23-13-7-8-14-23/h4-5,9-10H,2-3,6-8,11-16H2,1H3,(H2,21,22,26). The molecule has 1 saturated heterocycles. The van der Waals surface area contributed by atoms with E-state index in [1.54, 1.807) is 0 Å². The molecule has 0 atom stereocenters. The number of nitrogens with one attached hydrogen (secondary N) is 2. The van der Waals surface area contributed by atoms with Gasteiger partial charge in [-0.3, -0.25) is 9.69 Å². The molecule has 6 heteroatoms. The number of thiocarbonyl (C=S) groups is 1. The van der Waals surface area contributed by atoms with Crippen LogP contribution < -0.4 is 10.6 Å². The van der Waals surface area contributed by atoms with Gasteiger partial charge in [0.05, 0.1) is 7.11 Å². The highest BCUT2D eigenvalue weighted by Crippen LogP contribution is 2.16. The highest BCUT2D eigenvalue weighted by atomic mass is 32.1. The summed E-state index contributed by atoms with van der Waals surface area (Å²) >= 11 is 5.37. The van der Waals surface area contributed by atoms with Crippen molar-refractivity contribution in [3.05, 3.63) is 35.4 Å². The van der Waals surface area contributed by atoms with Crippen molar-refractivity contribution in [1.29, 1.82) is 0 Å². The van der Waals surface area contributed by atoms with Gasteiger partial charge in [-0.2, -0.15) is 0 Å². The average molecular weight is 378 g/mol. The second kappa shape index (κ2) is 11.9. The smallest absolute Gasteiger partial charge is 0.305 e. The third kappa shape index (κ3) is 7.70. The lowest BCUT2D eigenvalue weighted by molar-refractivity contribution is -0.140. The summed E-state index contributed by atoms with van der Waals surface area (Å²) in [4.78, 5) is 13.6. The molecule has 0 amide bonds. The van der Waals surface area contributed by atoms with Crippen LogP contribution in [0, 0.1) is 0 Å². The molecule has 26 heavy (non-hydrogen) atoms. The van der Waals surface area contributed by atoms with Gasteiger partial charge in [0.1, 0.15) is 0 Å². The maximum absolute atomic E-state index is 11.0. The Bertz CT molecular complexity index is 574. The highest BCUT2D eigenvalue weighted by molar-refractivity contribution is 7.80. The lowest BCUT2D eigenvalue weighted by atomic mass is 10.1. The number of carbonyl (C=O) groups excluding carboxylic acids is 1. The Morgan fingerprint density at radius 3 is 2.58 bits per heavy atom. The number of hydrogen-bond donors (Lipinski definition) is 2. The van der Waals surface area contributed by atoms with Crippen molar-refractivity contribution >= 4 is 23.3 Å². The number of likely N-dealkylation sites (tertiary alicyclic amines) is 1. The maximum atomic E-state index is 11.0. The molecule has 0 radical (unpaired) electrons. The molecule has 0 bridgehead atoms. The Kier molecular flexibility index (Phi) is 9.42. The largest absolute Gasteiger partial charge is 0.469 e. The van der Waals surface area contributed by atoms with Crippen molar-refractivity contribution in [3.63, 3.8) is 0 Å². The summed E-state index contributed by atoms with van der Waals surface area (Å²) in [5.74, 6) is -0.136. The number of nitrogens with zero attached hydrogens (tertiary/aromatic N) is 1. The van der Waals surface area contributed by atoms with Crippen LogP contribution in [0.5, 0.6) is 0 Å². The molecule has 2 rings (SSSR count). The molecule has 144 valence electrons. The van der Waals surface area contributed by atoms with Gasteiger partial charge in [0.2, 0.25) is 0 Å².